The van der Waals surface area contributed by atoms with Crippen molar-refractivity contribution in [2.24, 2.45) is 0 Å². The second kappa shape index (κ2) is 6.26. The molecule has 6 heteroatoms. The molecule has 104 valence electrons. The number of aryl methyl sites for hydroxylation is 1. The molecule has 0 saturated carbocycles. The number of Topliss-reactive ketones (excluding diaryl/α,β-unsaturated/α-hetero) is 1. The number of hydrogen-bond acceptors (Lipinski definition) is 4. The summed E-state index contributed by atoms with van der Waals surface area (Å²) in [5, 5.41) is 0. The first-order chi connectivity index (χ1) is 8.92. The molecule has 0 aliphatic carbocycles. The lowest BCUT2D eigenvalue weighted by Gasteiger charge is -2.13. The molecular formula is C13H14F2O4. The Bertz CT molecular complexity index is 498. The molecule has 4 nitrogen and oxygen atoms in total. The van der Waals surface area contributed by atoms with Gasteiger partial charge >= 0.3 is 5.97 Å². The third kappa shape index (κ3) is 3.27. The van der Waals surface area contributed by atoms with Crippen LogP contribution in [-0.4, -0.2) is 25.5 Å². The van der Waals surface area contributed by atoms with Crippen LogP contribution < -0.4 is 4.74 Å². The molecule has 0 amide bonds. The van der Waals surface area contributed by atoms with Crippen molar-refractivity contribution in [2.75, 3.05) is 13.7 Å². The number of methoxy groups -OCH3 is 1. The number of alkyl halides is 2. The largest absolute Gasteiger partial charge is 0.495 e. The Balaban J connectivity index is 3.34. The van der Waals surface area contributed by atoms with Crippen molar-refractivity contribution in [2.45, 2.75) is 20.3 Å². The molecule has 0 spiro atoms. The lowest BCUT2D eigenvalue weighted by atomic mass is 10.0. The van der Waals surface area contributed by atoms with Gasteiger partial charge in [0.15, 0.2) is 0 Å². The van der Waals surface area contributed by atoms with Gasteiger partial charge in [-0.25, -0.2) is 13.6 Å². The molecule has 0 aromatic heterocycles. The summed E-state index contributed by atoms with van der Waals surface area (Å²) in [7, 11) is 1.17. The molecule has 0 saturated heterocycles. The molecule has 1 aromatic carbocycles. The van der Waals surface area contributed by atoms with Gasteiger partial charge in [0.2, 0.25) is 0 Å². The third-order valence-corrected chi connectivity index (χ3v) is 2.41. The highest BCUT2D eigenvalue weighted by atomic mass is 19.3. The van der Waals surface area contributed by atoms with Crippen LogP contribution in [0.4, 0.5) is 8.78 Å². The predicted molar refractivity (Wildman–Crippen MR) is 63.7 cm³/mol. The number of esters is 1. The molecule has 0 heterocycles. The third-order valence-electron chi connectivity index (χ3n) is 2.41. The lowest BCUT2D eigenvalue weighted by Crippen LogP contribution is -2.19. The topological polar surface area (TPSA) is 52.6 Å². The first-order valence-electron chi connectivity index (χ1n) is 5.60. The lowest BCUT2D eigenvalue weighted by molar-refractivity contribution is -0.137. The van der Waals surface area contributed by atoms with Gasteiger partial charge in [-0.1, -0.05) is 0 Å². The summed E-state index contributed by atoms with van der Waals surface area (Å²) in [6, 6.07) is 2.54. The fourth-order valence-electron chi connectivity index (χ4n) is 1.67. The number of ether oxygens (including phenoxy) is 2. The molecule has 1 aromatic rings. The quantitative estimate of drug-likeness (QED) is 0.470. The van der Waals surface area contributed by atoms with E-state index in [1.807, 2.05) is 0 Å². The van der Waals surface area contributed by atoms with Crippen LogP contribution >= 0.6 is 0 Å². The van der Waals surface area contributed by atoms with Gasteiger partial charge in [0.05, 0.1) is 24.8 Å². The maximum Gasteiger partial charge on any atom is 0.379 e. The van der Waals surface area contributed by atoms with Crippen LogP contribution in [-0.2, 0) is 9.53 Å². The Morgan fingerprint density at radius 2 is 1.95 bits per heavy atom. The molecular weight excluding hydrogens is 258 g/mol. The van der Waals surface area contributed by atoms with E-state index in [1.54, 1.807) is 13.8 Å². The molecule has 0 aliphatic heterocycles. The first kappa shape index (κ1) is 15.1. The van der Waals surface area contributed by atoms with E-state index in [0.717, 1.165) is 0 Å². The first-order valence-corrected chi connectivity index (χ1v) is 5.60. The molecule has 0 fully saturated rings. The maximum atomic E-state index is 12.9. The van der Waals surface area contributed by atoms with Gasteiger partial charge in [-0.15, -0.1) is 0 Å². The Labute approximate surface area is 109 Å². The van der Waals surface area contributed by atoms with Gasteiger partial charge in [0.25, 0.3) is 12.2 Å². The summed E-state index contributed by atoms with van der Waals surface area (Å²) >= 11 is 0. The van der Waals surface area contributed by atoms with E-state index in [-0.39, 0.29) is 17.9 Å². The number of carbonyl (C=O) groups is 2. The molecule has 0 atom stereocenters. The smallest absolute Gasteiger partial charge is 0.379 e. The average Bonchev–Trinajstić information content (AvgIpc) is 2.36. The molecule has 0 radical (unpaired) electrons. The van der Waals surface area contributed by atoms with Crippen LogP contribution in [0.15, 0.2) is 12.1 Å². The van der Waals surface area contributed by atoms with E-state index in [0.29, 0.717) is 5.56 Å². The van der Waals surface area contributed by atoms with Gasteiger partial charge in [0, 0.05) is 0 Å². The van der Waals surface area contributed by atoms with Crippen LogP contribution in [0.25, 0.3) is 0 Å². The van der Waals surface area contributed by atoms with Crippen molar-refractivity contribution < 1.29 is 27.8 Å². The van der Waals surface area contributed by atoms with Gasteiger partial charge in [-0.3, -0.25) is 4.79 Å². The highest BCUT2D eigenvalue weighted by Gasteiger charge is 2.26. The van der Waals surface area contributed by atoms with Crippen molar-refractivity contribution in [1.29, 1.82) is 0 Å². The number of rotatable bonds is 5. The Hall–Kier alpha value is -1.98. The van der Waals surface area contributed by atoms with Gasteiger partial charge in [0.1, 0.15) is 5.75 Å². The van der Waals surface area contributed by atoms with Crippen molar-refractivity contribution in [3.05, 3.63) is 28.8 Å². The average molecular weight is 272 g/mol. The van der Waals surface area contributed by atoms with Gasteiger partial charge in [-0.05, 0) is 31.5 Å². The van der Waals surface area contributed by atoms with E-state index in [2.05, 4.69) is 4.74 Å². The van der Waals surface area contributed by atoms with E-state index in [4.69, 9.17) is 4.74 Å². The summed E-state index contributed by atoms with van der Waals surface area (Å²) in [5.41, 5.74) is -0.199. The SMILES string of the molecule is CCOC(=O)C(=O)c1cc(C)cc(C(F)F)c1OC. The highest BCUT2D eigenvalue weighted by molar-refractivity contribution is 6.41. The summed E-state index contributed by atoms with van der Waals surface area (Å²) in [5.74, 6) is -2.38. The van der Waals surface area contributed by atoms with E-state index in [9.17, 15) is 18.4 Å². The standard InChI is InChI=1S/C13H14F2O4/c1-4-19-13(17)10(16)8-5-7(2)6-9(12(14)15)11(8)18-3/h5-6,12H,4H2,1-3H3. The second-order valence-electron chi connectivity index (χ2n) is 3.79. The Kier molecular flexibility index (Phi) is 4.97. The van der Waals surface area contributed by atoms with Crippen molar-refractivity contribution >= 4 is 11.8 Å². The zero-order valence-electron chi connectivity index (χ0n) is 10.8. The normalized spacial score (nSPS) is 10.4. The molecule has 1 rings (SSSR count). The van der Waals surface area contributed by atoms with Crippen molar-refractivity contribution in [3.63, 3.8) is 0 Å². The van der Waals surface area contributed by atoms with Crippen LogP contribution in [0, 0.1) is 6.92 Å². The number of carbonyl (C=O) groups excluding carboxylic acids is 2. The molecule has 0 bridgehead atoms. The fraction of sp³-hybridized carbons (Fsp3) is 0.385. The summed E-state index contributed by atoms with van der Waals surface area (Å²) in [6.45, 7) is 3.12. The van der Waals surface area contributed by atoms with Gasteiger partial charge < -0.3 is 9.47 Å². The zero-order valence-corrected chi connectivity index (χ0v) is 10.8. The predicted octanol–water partition coefficient (Wildman–Crippen LogP) is 2.69. The number of hydrogen-bond donors (Lipinski definition) is 0. The Morgan fingerprint density at radius 3 is 2.42 bits per heavy atom. The summed E-state index contributed by atoms with van der Waals surface area (Å²) in [4.78, 5) is 23.2. The van der Waals surface area contributed by atoms with Crippen LogP contribution in [0.3, 0.4) is 0 Å². The number of benzene rings is 1. The van der Waals surface area contributed by atoms with Gasteiger partial charge in [-0.2, -0.15) is 0 Å². The number of ketones is 1. The molecule has 19 heavy (non-hydrogen) atoms. The van der Waals surface area contributed by atoms with Crippen LogP contribution in [0.5, 0.6) is 5.75 Å². The molecule has 0 aliphatic rings. The monoisotopic (exact) mass is 272 g/mol. The minimum Gasteiger partial charge on any atom is -0.495 e. The van der Waals surface area contributed by atoms with Crippen molar-refractivity contribution in [1.82, 2.24) is 0 Å². The van der Waals surface area contributed by atoms with E-state index in [1.165, 1.54) is 19.2 Å². The molecule has 0 unspecified atom stereocenters. The summed E-state index contributed by atoms with van der Waals surface area (Å²) < 4.78 is 35.2. The van der Waals surface area contributed by atoms with Crippen molar-refractivity contribution in [3.8, 4) is 5.75 Å². The van der Waals surface area contributed by atoms with E-state index < -0.39 is 23.7 Å². The fourth-order valence-corrected chi connectivity index (χ4v) is 1.67. The minimum absolute atomic E-state index is 0.0282. The minimum atomic E-state index is -2.80. The van der Waals surface area contributed by atoms with E-state index >= 15 is 0 Å². The molecule has 0 N–H and O–H groups in total. The zero-order chi connectivity index (χ0) is 14.6. The van der Waals surface area contributed by atoms with Crippen LogP contribution in [0.1, 0.15) is 34.8 Å². The van der Waals surface area contributed by atoms with Crippen LogP contribution in [0.2, 0.25) is 0 Å². The Morgan fingerprint density at radius 1 is 1.32 bits per heavy atom. The summed E-state index contributed by atoms with van der Waals surface area (Å²) in [6.07, 6.45) is -2.80. The maximum absolute atomic E-state index is 12.9. The highest BCUT2D eigenvalue weighted by Crippen LogP contribution is 2.33. The number of halogens is 2. The second-order valence-corrected chi connectivity index (χ2v) is 3.79.